The number of benzene rings is 3. The predicted molar refractivity (Wildman–Crippen MR) is 112 cm³/mol. The fourth-order valence-electron chi connectivity index (χ4n) is 2.91. The highest BCUT2D eigenvalue weighted by molar-refractivity contribution is 6.04. The summed E-state index contributed by atoms with van der Waals surface area (Å²) >= 11 is 0. The van der Waals surface area contributed by atoms with E-state index in [-0.39, 0.29) is 29.2 Å². The number of carbonyl (C=O) groups excluding carboxylic acids is 2. The minimum Gasteiger partial charge on any atom is -0.493 e. The number of methoxy groups -OCH3 is 1. The average Bonchev–Trinajstić information content (AvgIpc) is 2.78. The molecule has 0 bridgehead atoms. The molecule has 0 saturated carbocycles. The molecule has 0 unspecified atom stereocenters. The van der Waals surface area contributed by atoms with E-state index in [4.69, 9.17) is 4.74 Å². The normalized spacial score (nSPS) is 10.5. The highest BCUT2D eigenvalue weighted by Gasteiger charge is 2.20. The molecule has 0 aromatic heterocycles. The van der Waals surface area contributed by atoms with E-state index in [2.05, 4.69) is 15.4 Å². The molecule has 3 rings (SSSR count). The van der Waals surface area contributed by atoms with Crippen molar-refractivity contribution in [1.82, 2.24) is 5.32 Å². The number of anilines is 1. The Morgan fingerprint density at radius 2 is 1.69 bits per heavy atom. The van der Waals surface area contributed by atoms with Gasteiger partial charge in [0.05, 0.1) is 12.7 Å². The molecule has 0 spiro atoms. The number of nitrogens with one attached hydrogen (secondary N) is 2. The first kappa shape index (κ1) is 22.7. The van der Waals surface area contributed by atoms with Gasteiger partial charge >= 0.3 is 6.61 Å². The number of alkyl halides is 2. The molecular formula is C23H19F3N2O4. The fourth-order valence-corrected chi connectivity index (χ4v) is 2.91. The Morgan fingerprint density at radius 1 is 0.969 bits per heavy atom. The summed E-state index contributed by atoms with van der Waals surface area (Å²) in [4.78, 5) is 24.9. The minimum absolute atomic E-state index is 0.00320. The zero-order valence-electron chi connectivity index (χ0n) is 16.9. The third kappa shape index (κ3) is 5.78. The van der Waals surface area contributed by atoms with Crippen LogP contribution in [0.1, 0.15) is 26.3 Å². The lowest BCUT2D eigenvalue weighted by Gasteiger charge is -2.14. The summed E-state index contributed by atoms with van der Waals surface area (Å²) in [5, 5.41) is 5.31. The van der Waals surface area contributed by atoms with Gasteiger partial charge in [-0.05, 0) is 54.1 Å². The van der Waals surface area contributed by atoms with E-state index in [1.54, 1.807) is 24.3 Å². The summed E-state index contributed by atoms with van der Waals surface area (Å²) in [7, 11) is 1.28. The first-order valence-electron chi connectivity index (χ1n) is 9.43. The van der Waals surface area contributed by atoms with Gasteiger partial charge in [0.25, 0.3) is 11.8 Å². The summed E-state index contributed by atoms with van der Waals surface area (Å²) in [5.41, 5.74) is 1.30. The molecule has 2 N–H and O–H groups in total. The van der Waals surface area contributed by atoms with Gasteiger partial charge in [0, 0.05) is 17.8 Å². The molecule has 0 aliphatic heterocycles. The van der Waals surface area contributed by atoms with E-state index >= 15 is 0 Å². The maximum Gasteiger partial charge on any atom is 0.387 e. The number of para-hydroxylation sites is 1. The van der Waals surface area contributed by atoms with Gasteiger partial charge < -0.3 is 20.1 Å². The van der Waals surface area contributed by atoms with Gasteiger partial charge in [-0.25, -0.2) is 4.39 Å². The number of carbonyl (C=O) groups is 2. The molecule has 0 heterocycles. The van der Waals surface area contributed by atoms with E-state index in [1.165, 1.54) is 49.6 Å². The molecule has 32 heavy (non-hydrogen) atoms. The topological polar surface area (TPSA) is 76.7 Å². The molecule has 3 aromatic rings. The molecule has 3 aromatic carbocycles. The smallest absolute Gasteiger partial charge is 0.387 e. The maximum absolute atomic E-state index is 13.0. The zero-order valence-corrected chi connectivity index (χ0v) is 16.9. The van der Waals surface area contributed by atoms with Crippen molar-refractivity contribution in [3.63, 3.8) is 0 Å². The monoisotopic (exact) mass is 444 g/mol. The zero-order chi connectivity index (χ0) is 23.1. The van der Waals surface area contributed by atoms with Gasteiger partial charge in [0.15, 0.2) is 11.5 Å². The van der Waals surface area contributed by atoms with Crippen LogP contribution in [0.5, 0.6) is 11.5 Å². The molecule has 0 saturated heterocycles. The lowest BCUT2D eigenvalue weighted by Crippen LogP contribution is -2.24. The molecule has 0 aliphatic carbocycles. The number of hydrogen-bond acceptors (Lipinski definition) is 4. The summed E-state index contributed by atoms with van der Waals surface area (Å²) in [5.74, 6) is -1.86. The number of amides is 2. The fraction of sp³-hybridized carbons (Fsp3) is 0.130. The van der Waals surface area contributed by atoms with E-state index < -0.39 is 24.2 Å². The highest BCUT2D eigenvalue weighted by atomic mass is 19.3. The van der Waals surface area contributed by atoms with E-state index in [9.17, 15) is 22.8 Å². The van der Waals surface area contributed by atoms with Gasteiger partial charge in [-0.3, -0.25) is 9.59 Å². The Kier molecular flexibility index (Phi) is 7.33. The van der Waals surface area contributed by atoms with Crippen LogP contribution in [-0.2, 0) is 6.54 Å². The molecule has 9 heteroatoms. The maximum atomic E-state index is 13.0. The van der Waals surface area contributed by atoms with Crippen LogP contribution >= 0.6 is 0 Å². The number of ether oxygens (including phenoxy) is 2. The quantitative estimate of drug-likeness (QED) is 0.532. The van der Waals surface area contributed by atoms with Crippen LogP contribution in [0.15, 0.2) is 66.7 Å². The summed E-state index contributed by atoms with van der Waals surface area (Å²) in [6.07, 6.45) is 0. The Morgan fingerprint density at radius 3 is 2.38 bits per heavy atom. The third-order valence-electron chi connectivity index (χ3n) is 4.39. The Hall–Kier alpha value is -4.01. The molecule has 166 valence electrons. The number of hydrogen-bond donors (Lipinski definition) is 2. The first-order chi connectivity index (χ1) is 15.4. The largest absolute Gasteiger partial charge is 0.493 e. The van der Waals surface area contributed by atoms with Gasteiger partial charge in [0.2, 0.25) is 0 Å². The Bertz CT molecular complexity index is 1100. The number of halogens is 3. The summed E-state index contributed by atoms with van der Waals surface area (Å²) in [6.45, 7) is -3.07. The van der Waals surface area contributed by atoms with Crippen molar-refractivity contribution in [1.29, 1.82) is 0 Å². The van der Waals surface area contributed by atoms with E-state index in [0.29, 0.717) is 11.3 Å². The SMILES string of the molecule is COc1cccc(C(=O)NCc2cccc(NC(=O)c3ccc(F)cc3)c2)c1OC(F)F. The molecule has 0 fully saturated rings. The lowest BCUT2D eigenvalue weighted by atomic mass is 10.1. The summed E-state index contributed by atoms with van der Waals surface area (Å²) < 4.78 is 48.0. The number of rotatable bonds is 8. The second-order valence-electron chi connectivity index (χ2n) is 6.56. The molecule has 0 aliphatic rings. The van der Waals surface area contributed by atoms with Crippen molar-refractivity contribution in [2.24, 2.45) is 0 Å². The Balaban J connectivity index is 1.68. The van der Waals surface area contributed by atoms with Crippen molar-refractivity contribution in [3.05, 3.63) is 89.2 Å². The minimum atomic E-state index is -3.13. The first-order valence-corrected chi connectivity index (χ1v) is 9.43. The van der Waals surface area contributed by atoms with Crippen molar-refractivity contribution < 1.29 is 32.2 Å². The second-order valence-corrected chi connectivity index (χ2v) is 6.56. The lowest BCUT2D eigenvalue weighted by molar-refractivity contribution is -0.0515. The highest BCUT2D eigenvalue weighted by Crippen LogP contribution is 2.32. The van der Waals surface area contributed by atoms with Crippen LogP contribution in [0.4, 0.5) is 18.9 Å². The van der Waals surface area contributed by atoms with Crippen LogP contribution in [0.2, 0.25) is 0 Å². The molecular weight excluding hydrogens is 425 g/mol. The van der Waals surface area contributed by atoms with Crippen LogP contribution in [0.3, 0.4) is 0 Å². The Labute approximate surface area is 182 Å². The van der Waals surface area contributed by atoms with E-state index in [1.807, 2.05) is 0 Å². The molecule has 0 atom stereocenters. The standard InChI is InChI=1S/C23H19F3N2O4/c1-31-19-7-3-6-18(20(19)32-23(25)26)22(30)27-13-14-4-2-5-17(12-14)28-21(29)15-8-10-16(24)11-9-15/h2-12,23H,13H2,1H3,(H,27,30)(H,28,29). The van der Waals surface area contributed by atoms with Crippen molar-refractivity contribution in [2.75, 3.05) is 12.4 Å². The summed E-state index contributed by atoms with van der Waals surface area (Å²) in [6, 6.07) is 16.0. The van der Waals surface area contributed by atoms with Crippen molar-refractivity contribution in [2.45, 2.75) is 13.2 Å². The van der Waals surface area contributed by atoms with Gasteiger partial charge in [-0.2, -0.15) is 8.78 Å². The van der Waals surface area contributed by atoms with Crippen molar-refractivity contribution >= 4 is 17.5 Å². The van der Waals surface area contributed by atoms with Crippen LogP contribution in [0, 0.1) is 5.82 Å². The predicted octanol–water partition coefficient (Wildman–Crippen LogP) is 4.62. The molecule has 6 nitrogen and oxygen atoms in total. The van der Waals surface area contributed by atoms with Crippen LogP contribution < -0.4 is 20.1 Å². The van der Waals surface area contributed by atoms with Gasteiger partial charge in [-0.1, -0.05) is 18.2 Å². The van der Waals surface area contributed by atoms with Gasteiger partial charge in [0.1, 0.15) is 5.82 Å². The van der Waals surface area contributed by atoms with Crippen molar-refractivity contribution in [3.8, 4) is 11.5 Å². The molecule has 0 radical (unpaired) electrons. The third-order valence-corrected chi connectivity index (χ3v) is 4.39. The van der Waals surface area contributed by atoms with Crippen LogP contribution in [-0.4, -0.2) is 25.5 Å². The molecule has 2 amide bonds. The van der Waals surface area contributed by atoms with Gasteiger partial charge in [-0.15, -0.1) is 0 Å². The van der Waals surface area contributed by atoms with E-state index in [0.717, 1.165) is 0 Å². The van der Waals surface area contributed by atoms with Crippen LogP contribution in [0.25, 0.3) is 0 Å². The second kappa shape index (κ2) is 10.3. The average molecular weight is 444 g/mol.